The van der Waals surface area contributed by atoms with Crippen LogP contribution in [0.5, 0.6) is 0 Å². The van der Waals surface area contributed by atoms with Crippen LogP contribution in [0.4, 0.5) is 10.1 Å². The topological polar surface area (TPSA) is 32.3 Å². The predicted molar refractivity (Wildman–Crippen MR) is 90.1 cm³/mol. The molecule has 1 aliphatic rings. The summed E-state index contributed by atoms with van der Waals surface area (Å²) in [6.45, 7) is 1.18. The zero-order valence-electron chi connectivity index (χ0n) is 12.6. The highest BCUT2D eigenvalue weighted by atomic mass is 35.5. The predicted octanol–water partition coefficient (Wildman–Crippen LogP) is 3.76. The van der Waals surface area contributed by atoms with E-state index in [1.807, 2.05) is 30.3 Å². The minimum atomic E-state index is -0.379. The third-order valence-electron chi connectivity index (χ3n) is 4.11. The lowest BCUT2D eigenvalue weighted by atomic mass is 10.1. The Kier molecular flexibility index (Phi) is 4.82. The fraction of sp³-hybridized carbons (Fsp3) is 0.278. The van der Waals surface area contributed by atoms with Crippen LogP contribution >= 0.6 is 11.6 Å². The molecule has 0 saturated carbocycles. The van der Waals surface area contributed by atoms with Gasteiger partial charge in [-0.05, 0) is 42.7 Å². The summed E-state index contributed by atoms with van der Waals surface area (Å²) in [6, 6.07) is 14.0. The normalized spacial score (nSPS) is 17.3. The van der Waals surface area contributed by atoms with Gasteiger partial charge >= 0.3 is 0 Å². The van der Waals surface area contributed by atoms with Crippen LogP contribution in [0, 0.1) is 5.82 Å². The SMILES string of the molecule is O=C(NCc1ccc(F)cc1Cl)[C@@H]1CCCN1c1ccccc1. The van der Waals surface area contributed by atoms with Crippen LogP contribution in [0.2, 0.25) is 5.02 Å². The zero-order chi connectivity index (χ0) is 16.2. The summed E-state index contributed by atoms with van der Waals surface area (Å²) in [5.41, 5.74) is 1.77. The summed E-state index contributed by atoms with van der Waals surface area (Å²) in [5.74, 6) is -0.400. The van der Waals surface area contributed by atoms with Gasteiger partial charge in [0.05, 0.1) is 0 Å². The molecule has 1 atom stereocenters. The molecule has 0 radical (unpaired) electrons. The number of nitrogens with zero attached hydrogens (tertiary/aromatic N) is 1. The average Bonchev–Trinajstić information content (AvgIpc) is 3.04. The Bertz CT molecular complexity index is 693. The Hall–Kier alpha value is -2.07. The van der Waals surface area contributed by atoms with E-state index in [0.29, 0.717) is 17.1 Å². The minimum absolute atomic E-state index is 0.0215. The smallest absolute Gasteiger partial charge is 0.242 e. The molecule has 1 heterocycles. The van der Waals surface area contributed by atoms with Crippen molar-refractivity contribution in [3.63, 3.8) is 0 Å². The van der Waals surface area contributed by atoms with Gasteiger partial charge in [0.25, 0.3) is 0 Å². The second kappa shape index (κ2) is 7.01. The highest BCUT2D eigenvalue weighted by Gasteiger charge is 2.30. The molecular formula is C18H18ClFN2O. The van der Waals surface area contributed by atoms with Gasteiger partial charge in [-0.2, -0.15) is 0 Å². The van der Waals surface area contributed by atoms with E-state index in [1.54, 1.807) is 6.07 Å². The summed E-state index contributed by atoms with van der Waals surface area (Å²) < 4.78 is 13.1. The number of para-hydroxylation sites is 1. The molecule has 0 aromatic heterocycles. The molecule has 3 rings (SSSR count). The Morgan fingerprint density at radius 2 is 2.04 bits per heavy atom. The zero-order valence-corrected chi connectivity index (χ0v) is 13.4. The van der Waals surface area contributed by atoms with Gasteiger partial charge in [-0.25, -0.2) is 4.39 Å². The number of rotatable bonds is 4. The largest absolute Gasteiger partial charge is 0.360 e. The van der Waals surface area contributed by atoms with E-state index in [9.17, 15) is 9.18 Å². The Labute approximate surface area is 140 Å². The molecule has 1 amide bonds. The first-order chi connectivity index (χ1) is 11.1. The number of hydrogen-bond acceptors (Lipinski definition) is 2. The molecule has 2 aromatic carbocycles. The molecule has 0 unspecified atom stereocenters. The lowest BCUT2D eigenvalue weighted by Crippen LogP contribution is -2.43. The third kappa shape index (κ3) is 3.64. The molecule has 5 heteroatoms. The fourth-order valence-electron chi connectivity index (χ4n) is 2.93. The first-order valence-electron chi connectivity index (χ1n) is 7.68. The van der Waals surface area contributed by atoms with E-state index in [1.165, 1.54) is 12.1 Å². The Morgan fingerprint density at radius 3 is 2.78 bits per heavy atom. The highest BCUT2D eigenvalue weighted by molar-refractivity contribution is 6.31. The van der Waals surface area contributed by atoms with Crippen LogP contribution in [-0.4, -0.2) is 18.5 Å². The molecule has 1 N–H and O–H groups in total. The van der Waals surface area contributed by atoms with Crippen LogP contribution in [0.1, 0.15) is 18.4 Å². The second-order valence-electron chi connectivity index (χ2n) is 5.64. The van der Waals surface area contributed by atoms with E-state index in [0.717, 1.165) is 25.1 Å². The number of hydrogen-bond donors (Lipinski definition) is 1. The van der Waals surface area contributed by atoms with E-state index in [4.69, 9.17) is 11.6 Å². The monoisotopic (exact) mass is 332 g/mol. The fourth-order valence-corrected chi connectivity index (χ4v) is 3.17. The maximum atomic E-state index is 13.1. The Balaban J connectivity index is 1.65. The van der Waals surface area contributed by atoms with Gasteiger partial charge in [-0.1, -0.05) is 35.9 Å². The molecule has 1 saturated heterocycles. The van der Waals surface area contributed by atoms with Crippen molar-refractivity contribution >= 4 is 23.2 Å². The van der Waals surface area contributed by atoms with Crippen LogP contribution in [-0.2, 0) is 11.3 Å². The molecule has 2 aromatic rings. The number of nitrogens with one attached hydrogen (secondary N) is 1. The van der Waals surface area contributed by atoms with Crippen molar-refractivity contribution in [3.05, 3.63) is 64.9 Å². The molecular weight excluding hydrogens is 315 g/mol. The van der Waals surface area contributed by atoms with Crippen molar-refractivity contribution in [1.29, 1.82) is 0 Å². The quantitative estimate of drug-likeness (QED) is 0.924. The van der Waals surface area contributed by atoms with Crippen molar-refractivity contribution in [3.8, 4) is 0 Å². The van der Waals surface area contributed by atoms with Gasteiger partial charge in [-0.15, -0.1) is 0 Å². The first kappa shape index (κ1) is 15.8. The molecule has 0 bridgehead atoms. The number of carbonyl (C=O) groups is 1. The molecule has 0 aliphatic carbocycles. The van der Waals surface area contributed by atoms with E-state index in [-0.39, 0.29) is 17.8 Å². The van der Waals surface area contributed by atoms with Crippen molar-refractivity contribution in [2.45, 2.75) is 25.4 Å². The van der Waals surface area contributed by atoms with Crippen molar-refractivity contribution in [1.82, 2.24) is 5.32 Å². The summed E-state index contributed by atoms with van der Waals surface area (Å²) in [4.78, 5) is 14.6. The minimum Gasteiger partial charge on any atom is -0.360 e. The Morgan fingerprint density at radius 1 is 1.26 bits per heavy atom. The molecule has 1 fully saturated rings. The van der Waals surface area contributed by atoms with E-state index < -0.39 is 0 Å². The van der Waals surface area contributed by atoms with Crippen LogP contribution in [0.15, 0.2) is 48.5 Å². The summed E-state index contributed by atoms with van der Waals surface area (Å²) in [5, 5.41) is 3.24. The van der Waals surface area contributed by atoms with Crippen molar-refractivity contribution in [2.75, 3.05) is 11.4 Å². The van der Waals surface area contributed by atoms with Crippen molar-refractivity contribution in [2.24, 2.45) is 0 Å². The molecule has 3 nitrogen and oxygen atoms in total. The van der Waals surface area contributed by atoms with E-state index >= 15 is 0 Å². The van der Waals surface area contributed by atoms with Crippen LogP contribution in [0.25, 0.3) is 0 Å². The van der Waals surface area contributed by atoms with Crippen molar-refractivity contribution < 1.29 is 9.18 Å². The highest BCUT2D eigenvalue weighted by Crippen LogP contribution is 2.25. The standard InChI is InChI=1S/C18H18ClFN2O/c19-16-11-14(20)9-8-13(16)12-21-18(23)17-7-4-10-22(17)15-5-2-1-3-6-15/h1-3,5-6,8-9,11,17H,4,7,10,12H2,(H,21,23)/t17-/m0/s1. The van der Waals surface area contributed by atoms with Gasteiger partial charge in [0.2, 0.25) is 5.91 Å². The molecule has 120 valence electrons. The first-order valence-corrected chi connectivity index (χ1v) is 8.06. The number of anilines is 1. The van der Waals surface area contributed by atoms with Crippen LogP contribution < -0.4 is 10.2 Å². The van der Waals surface area contributed by atoms with Gasteiger partial charge < -0.3 is 10.2 Å². The number of benzene rings is 2. The number of carbonyl (C=O) groups excluding carboxylic acids is 1. The second-order valence-corrected chi connectivity index (χ2v) is 6.05. The maximum Gasteiger partial charge on any atom is 0.242 e. The lowest BCUT2D eigenvalue weighted by Gasteiger charge is -2.26. The van der Waals surface area contributed by atoms with Gasteiger partial charge in [0.15, 0.2) is 0 Å². The summed E-state index contributed by atoms with van der Waals surface area (Å²) >= 11 is 6.00. The van der Waals surface area contributed by atoms with Gasteiger partial charge in [-0.3, -0.25) is 4.79 Å². The van der Waals surface area contributed by atoms with Gasteiger partial charge in [0, 0.05) is 23.8 Å². The third-order valence-corrected chi connectivity index (χ3v) is 4.46. The summed E-state index contributed by atoms with van der Waals surface area (Å²) in [6.07, 6.45) is 1.82. The van der Waals surface area contributed by atoms with Crippen LogP contribution in [0.3, 0.4) is 0 Å². The molecule has 1 aliphatic heterocycles. The van der Waals surface area contributed by atoms with Gasteiger partial charge in [0.1, 0.15) is 11.9 Å². The molecule has 23 heavy (non-hydrogen) atoms. The lowest BCUT2D eigenvalue weighted by molar-refractivity contribution is -0.122. The average molecular weight is 333 g/mol. The molecule has 0 spiro atoms. The number of amides is 1. The summed E-state index contributed by atoms with van der Waals surface area (Å²) in [7, 11) is 0. The number of halogens is 2. The van der Waals surface area contributed by atoms with E-state index in [2.05, 4.69) is 10.2 Å². The maximum absolute atomic E-state index is 13.1.